The van der Waals surface area contributed by atoms with Gasteiger partial charge in [-0.05, 0) is 38.5 Å². The van der Waals surface area contributed by atoms with Gasteiger partial charge in [-0.2, -0.15) is 0 Å². The van der Waals surface area contributed by atoms with Crippen molar-refractivity contribution in [3.05, 3.63) is 69.6 Å². The standard InChI is InChI=1S/C20H19N3O3/c1-12-9-13(2)22-19(21-12)14-7-8-23(11-14)20(25)18-10-16(24)15-5-3-4-6-17(15)26-18/h3-6,9-10,14H,7-8,11H2,1-2H3. The Balaban J connectivity index is 1.59. The lowest BCUT2D eigenvalue weighted by Crippen LogP contribution is -2.29. The molecule has 0 spiro atoms. The second-order valence-corrected chi connectivity index (χ2v) is 6.72. The number of carbonyl (C=O) groups is 1. The van der Waals surface area contributed by atoms with E-state index in [9.17, 15) is 9.59 Å². The van der Waals surface area contributed by atoms with Gasteiger partial charge in [0.25, 0.3) is 5.91 Å². The third kappa shape index (κ3) is 2.98. The van der Waals surface area contributed by atoms with E-state index >= 15 is 0 Å². The van der Waals surface area contributed by atoms with E-state index in [2.05, 4.69) is 9.97 Å². The van der Waals surface area contributed by atoms with Gasteiger partial charge < -0.3 is 9.32 Å². The van der Waals surface area contributed by atoms with Gasteiger partial charge in [0.15, 0.2) is 11.2 Å². The van der Waals surface area contributed by atoms with Gasteiger partial charge in [0, 0.05) is 36.5 Å². The van der Waals surface area contributed by atoms with Crippen LogP contribution in [0.1, 0.15) is 40.1 Å². The van der Waals surface area contributed by atoms with Crippen LogP contribution in [0.25, 0.3) is 11.0 Å². The van der Waals surface area contributed by atoms with Gasteiger partial charge in [-0.15, -0.1) is 0 Å². The van der Waals surface area contributed by atoms with Crippen molar-refractivity contribution in [2.45, 2.75) is 26.2 Å². The van der Waals surface area contributed by atoms with E-state index in [1.165, 1.54) is 6.07 Å². The molecule has 0 radical (unpaired) electrons. The normalized spacial score (nSPS) is 17.0. The number of rotatable bonds is 2. The van der Waals surface area contributed by atoms with Gasteiger partial charge in [0.2, 0.25) is 0 Å². The Kier molecular flexibility index (Phi) is 4.03. The molecule has 1 unspecified atom stereocenters. The van der Waals surface area contributed by atoms with Crippen LogP contribution in [-0.2, 0) is 0 Å². The highest BCUT2D eigenvalue weighted by molar-refractivity contribution is 5.93. The molecule has 1 aliphatic heterocycles. The minimum absolute atomic E-state index is 0.0793. The zero-order valence-corrected chi connectivity index (χ0v) is 14.7. The van der Waals surface area contributed by atoms with Crippen molar-refractivity contribution < 1.29 is 9.21 Å². The summed E-state index contributed by atoms with van der Waals surface area (Å²) in [7, 11) is 0. The molecule has 6 nitrogen and oxygen atoms in total. The van der Waals surface area contributed by atoms with E-state index < -0.39 is 0 Å². The molecule has 3 aromatic rings. The Bertz CT molecular complexity index is 1040. The van der Waals surface area contributed by atoms with Gasteiger partial charge in [-0.1, -0.05) is 12.1 Å². The van der Waals surface area contributed by atoms with E-state index in [4.69, 9.17) is 4.42 Å². The molecule has 6 heteroatoms. The first-order chi connectivity index (χ1) is 12.5. The molecule has 1 amide bonds. The molecule has 1 aliphatic rings. The summed E-state index contributed by atoms with van der Waals surface area (Å²) in [5.74, 6) is 0.693. The van der Waals surface area contributed by atoms with Crippen molar-refractivity contribution in [3.63, 3.8) is 0 Å². The fraction of sp³-hybridized carbons (Fsp3) is 0.300. The number of aromatic nitrogens is 2. The van der Waals surface area contributed by atoms with E-state index in [1.54, 1.807) is 29.2 Å². The number of nitrogens with zero attached hydrogens (tertiary/aromatic N) is 3. The molecule has 4 rings (SSSR count). The van der Waals surface area contributed by atoms with Crippen LogP contribution in [0.15, 0.2) is 45.6 Å². The first-order valence-corrected chi connectivity index (χ1v) is 8.65. The number of hydrogen-bond donors (Lipinski definition) is 0. The third-order valence-electron chi connectivity index (χ3n) is 4.69. The molecule has 0 aliphatic carbocycles. The summed E-state index contributed by atoms with van der Waals surface area (Å²) in [6, 6.07) is 10.2. The van der Waals surface area contributed by atoms with Crippen molar-refractivity contribution in [3.8, 4) is 0 Å². The number of hydrogen-bond acceptors (Lipinski definition) is 5. The van der Waals surface area contributed by atoms with E-state index in [0.717, 1.165) is 23.6 Å². The van der Waals surface area contributed by atoms with Gasteiger partial charge in [-0.3, -0.25) is 9.59 Å². The number of para-hydroxylation sites is 1. The van der Waals surface area contributed by atoms with Crippen LogP contribution in [0.5, 0.6) is 0 Å². The molecule has 3 heterocycles. The SMILES string of the molecule is Cc1cc(C)nc(C2CCN(C(=O)c3cc(=O)c4ccccc4o3)C2)n1. The molecule has 0 bridgehead atoms. The summed E-state index contributed by atoms with van der Waals surface area (Å²) < 4.78 is 5.67. The lowest BCUT2D eigenvalue weighted by molar-refractivity contribution is 0.0759. The lowest BCUT2D eigenvalue weighted by atomic mass is 10.1. The second kappa shape index (κ2) is 6.37. The summed E-state index contributed by atoms with van der Waals surface area (Å²) in [5.41, 5.74) is 2.08. The molecule has 1 atom stereocenters. The van der Waals surface area contributed by atoms with Crippen molar-refractivity contribution >= 4 is 16.9 Å². The quantitative estimate of drug-likeness (QED) is 0.711. The molecular formula is C20H19N3O3. The van der Waals surface area contributed by atoms with E-state index in [0.29, 0.717) is 24.1 Å². The van der Waals surface area contributed by atoms with Gasteiger partial charge in [0.05, 0.1) is 5.39 Å². The van der Waals surface area contributed by atoms with E-state index in [1.807, 2.05) is 19.9 Å². The summed E-state index contributed by atoms with van der Waals surface area (Å²) in [6.45, 7) is 5.01. The molecule has 26 heavy (non-hydrogen) atoms. The van der Waals surface area contributed by atoms with Crippen LogP contribution in [0.2, 0.25) is 0 Å². The van der Waals surface area contributed by atoms with Gasteiger partial charge in [-0.25, -0.2) is 9.97 Å². The summed E-state index contributed by atoms with van der Waals surface area (Å²) >= 11 is 0. The van der Waals surface area contributed by atoms with Crippen LogP contribution in [0, 0.1) is 13.8 Å². The van der Waals surface area contributed by atoms with E-state index in [-0.39, 0.29) is 23.0 Å². The largest absolute Gasteiger partial charge is 0.451 e. The van der Waals surface area contributed by atoms with Crippen LogP contribution in [-0.4, -0.2) is 33.9 Å². The second-order valence-electron chi connectivity index (χ2n) is 6.72. The Morgan fingerprint density at radius 1 is 1.15 bits per heavy atom. The highest BCUT2D eigenvalue weighted by atomic mass is 16.3. The van der Waals surface area contributed by atoms with Gasteiger partial charge in [0.1, 0.15) is 11.4 Å². The number of fused-ring (bicyclic) bond motifs is 1. The van der Waals surface area contributed by atoms with Crippen molar-refractivity contribution in [2.75, 3.05) is 13.1 Å². The summed E-state index contributed by atoms with van der Waals surface area (Å²) in [4.78, 5) is 35.8. The highest BCUT2D eigenvalue weighted by Gasteiger charge is 2.31. The Morgan fingerprint density at radius 3 is 2.65 bits per heavy atom. The van der Waals surface area contributed by atoms with Crippen LogP contribution >= 0.6 is 0 Å². The van der Waals surface area contributed by atoms with Crippen molar-refractivity contribution in [1.82, 2.24) is 14.9 Å². The lowest BCUT2D eigenvalue weighted by Gasteiger charge is -2.16. The van der Waals surface area contributed by atoms with Crippen LogP contribution in [0.4, 0.5) is 0 Å². The zero-order chi connectivity index (χ0) is 18.3. The Labute approximate surface area is 150 Å². The molecular weight excluding hydrogens is 330 g/mol. The fourth-order valence-corrected chi connectivity index (χ4v) is 3.46. The first-order valence-electron chi connectivity index (χ1n) is 8.65. The maximum absolute atomic E-state index is 12.8. The molecule has 0 saturated carbocycles. The summed E-state index contributed by atoms with van der Waals surface area (Å²) in [6.07, 6.45) is 0.798. The minimum atomic E-state index is -0.264. The van der Waals surface area contributed by atoms with Gasteiger partial charge >= 0.3 is 0 Å². The summed E-state index contributed by atoms with van der Waals surface area (Å²) in [5, 5.41) is 0.479. The highest BCUT2D eigenvalue weighted by Crippen LogP contribution is 2.26. The smallest absolute Gasteiger partial charge is 0.289 e. The monoisotopic (exact) mass is 349 g/mol. The molecule has 132 valence electrons. The van der Waals surface area contributed by atoms with Crippen molar-refractivity contribution in [2.24, 2.45) is 0 Å². The Morgan fingerprint density at radius 2 is 1.88 bits per heavy atom. The third-order valence-corrected chi connectivity index (χ3v) is 4.69. The Hall–Kier alpha value is -3.02. The minimum Gasteiger partial charge on any atom is -0.451 e. The molecule has 1 aromatic carbocycles. The number of amides is 1. The predicted octanol–water partition coefficient (Wildman–Crippen LogP) is 2.83. The average molecular weight is 349 g/mol. The average Bonchev–Trinajstić information content (AvgIpc) is 3.10. The van der Waals surface area contributed by atoms with Crippen LogP contribution in [0.3, 0.4) is 0 Å². The topological polar surface area (TPSA) is 76.3 Å². The number of likely N-dealkylation sites (tertiary alicyclic amines) is 1. The maximum atomic E-state index is 12.8. The van der Waals surface area contributed by atoms with Crippen molar-refractivity contribution in [1.29, 1.82) is 0 Å². The molecule has 1 fully saturated rings. The fourth-order valence-electron chi connectivity index (χ4n) is 3.46. The molecule has 1 saturated heterocycles. The predicted molar refractivity (Wildman–Crippen MR) is 97.3 cm³/mol. The number of benzene rings is 1. The first kappa shape index (κ1) is 16.4. The number of carbonyl (C=O) groups excluding carboxylic acids is 1. The van der Waals surface area contributed by atoms with Crippen LogP contribution < -0.4 is 5.43 Å². The maximum Gasteiger partial charge on any atom is 0.289 e. The number of aryl methyl sites for hydroxylation is 2. The molecule has 2 aromatic heterocycles. The molecule has 0 N–H and O–H groups in total. The zero-order valence-electron chi connectivity index (χ0n) is 14.7.